The molecule has 1 fully saturated rings. The molecule has 1 atom stereocenters. The van der Waals surface area contributed by atoms with Crippen LogP contribution in [0.4, 0.5) is 13.2 Å². The first kappa shape index (κ1) is 14.8. The van der Waals surface area contributed by atoms with Gasteiger partial charge in [0, 0.05) is 35.5 Å². The van der Waals surface area contributed by atoms with Crippen LogP contribution < -0.4 is 5.32 Å². The third-order valence-corrected chi connectivity index (χ3v) is 6.07. The van der Waals surface area contributed by atoms with E-state index >= 15 is 0 Å². The Morgan fingerprint density at radius 3 is 2.33 bits per heavy atom. The predicted molar refractivity (Wildman–Crippen MR) is 73.0 cm³/mol. The molecule has 0 aromatic carbocycles. The van der Waals surface area contributed by atoms with Crippen molar-refractivity contribution >= 4 is 43.2 Å². The molecule has 0 bridgehead atoms. The summed E-state index contributed by atoms with van der Waals surface area (Å²) in [7, 11) is 0. The molecular weight excluding hydrogens is 397 g/mol. The maximum atomic E-state index is 13.2. The molecule has 0 radical (unpaired) electrons. The highest BCUT2D eigenvalue weighted by Gasteiger charge is 2.45. The molecule has 0 spiro atoms. The topological polar surface area (TPSA) is 15.3 Å². The average molecular weight is 408 g/mol. The molecule has 0 aliphatic carbocycles. The lowest BCUT2D eigenvalue weighted by Crippen LogP contribution is -2.48. The van der Waals surface area contributed by atoms with Gasteiger partial charge in [-0.05, 0) is 37.9 Å². The van der Waals surface area contributed by atoms with Crippen LogP contribution in [0.25, 0.3) is 0 Å². The number of thiophene rings is 1. The second-order valence-corrected chi connectivity index (χ2v) is 7.26. The molecule has 1 aromatic rings. The van der Waals surface area contributed by atoms with Crippen molar-refractivity contribution in [3.8, 4) is 0 Å². The Labute approximate surface area is 124 Å². The van der Waals surface area contributed by atoms with Gasteiger partial charge in [0.05, 0.1) is 3.79 Å². The van der Waals surface area contributed by atoms with Gasteiger partial charge >= 0.3 is 6.18 Å². The van der Waals surface area contributed by atoms with Crippen LogP contribution in [-0.2, 0) is 0 Å². The van der Waals surface area contributed by atoms with E-state index in [1.807, 2.05) is 0 Å². The van der Waals surface area contributed by atoms with Crippen LogP contribution in [0.15, 0.2) is 14.3 Å². The highest BCUT2D eigenvalue weighted by Crippen LogP contribution is 2.44. The summed E-state index contributed by atoms with van der Waals surface area (Å²) >= 11 is 7.62. The minimum atomic E-state index is -4.25. The largest absolute Gasteiger partial charge is 0.408 e. The van der Waals surface area contributed by atoms with Crippen molar-refractivity contribution in [3.63, 3.8) is 0 Å². The summed E-state index contributed by atoms with van der Waals surface area (Å²) in [5.41, 5.74) is 0. The van der Waals surface area contributed by atoms with E-state index in [1.165, 1.54) is 4.90 Å². The summed E-state index contributed by atoms with van der Waals surface area (Å²) < 4.78 is 41.1. The first-order chi connectivity index (χ1) is 8.39. The van der Waals surface area contributed by atoms with Crippen molar-refractivity contribution in [2.75, 3.05) is 26.2 Å². The van der Waals surface area contributed by atoms with Gasteiger partial charge in [0.1, 0.15) is 6.04 Å². The minimum absolute atomic E-state index is 0.322. The first-order valence-electron chi connectivity index (χ1n) is 5.36. The summed E-state index contributed by atoms with van der Waals surface area (Å²) in [6.07, 6.45) is -4.25. The van der Waals surface area contributed by atoms with E-state index in [0.29, 0.717) is 39.3 Å². The summed E-state index contributed by atoms with van der Waals surface area (Å²) in [6.45, 7) is 2.02. The van der Waals surface area contributed by atoms with E-state index in [-0.39, 0.29) is 0 Å². The quantitative estimate of drug-likeness (QED) is 0.802. The summed E-state index contributed by atoms with van der Waals surface area (Å²) in [5, 5.41) is 3.06. The SMILES string of the molecule is FC(F)(F)[C@@H](c1cc(Br)c(Br)s1)N1CCNCC1. The molecule has 2 heterocycles. The smallest absolute Gasteiger partial charge is 0.314 e. The second kappa shape index (κ2) is 5.78. The number of piperazine rings is 1. The van der Waals surface area contributed by atoms with E-state index < -0.39 is 12.2 Å². The molecule has 1 aliphatic rings. The van der Waals surface area contributed by atoms with Gasteiger partial charge in [-0.3, -0.25) is 4.90 Å². The predicted octanol–water partition coefficient (Wildman–Crippen LogP) is 3.78. The van der Waals surface area contributed by atoms with Crippen LogP contribution in [0.5, 0.6) is 0 Å². The number of hydrogen-bond donors (Lipinski definition) is 1. The second-order valence-electron chi connectivity index (χ2n) is 4.00. The van der Waals surface area contributed by atoms with Crippen molar-refractivity contribution in [2.45, 2.75) is 12.2 Å². The molecule has 1 aromatic heterocycles. The fourth-order valence-corrected chi connectivity index (χ4v) is 4.24. The third kappa shape index (κ3) is 3.27. The highest BCUT2D eigenvalue weighted by atomic mass is 79.9. The molecule has 1 N–H and O–H groups in total. The maximum absolute atomic E-state index is 13.2. The van der Waals surface area contributed by atoms with Crippen LogP contribution in [0.3, 0.4) is 0 Å². The number of nitrogens with one attached hydrogen (secondary N) is 1. The average Bonchev–Trinajstić information content (AvgIpc) is 2.58. The molecule has 0 amide bonds. The Morgan fingerprint density at radius 2 is 1.89 bits per heavy atom. The van der Waals surface area contributed by atoms with Gasteiger partial charge in [-0.2, -0.15) is 13.2 Å². The van der Waals surface area contributed by atoms with Crippen LogP contribution in [0.1, 0.15) is 10.9 Å². The van der Waals surface area contributed by atoms with E-state index in [9.17, 15) is 13.2 Å². The monoisotopic (exact) mass is 406 g/mol. The minimum Gasteiger partial charge on any atom is -0.314 e. The van der Waals surface area contributed by atoms with Crippen molar-refractivity contribution < 1.29 is 13.2 Å². The lowest BCUT2D eigenvalue weighted by molar-refractivity contribution is -0.186. The highest BCUT2D eigenvalue weighted by molar-refractivity contribution is 9.13. The zero-order valence-electron chi connectivity index (χ0n) is 9.23. The van der Waals surface area contributed by atoms with Crippen molar-refractivity contribution in [2.24, 2.45) is 0 Å². The Hall–Kier alpha value is 0.370. The number of hydrogen-bond acceptors (Lipinski definition) is 3. The number of nitrogens with zero attached hydrogens (tertiary/aromatic N) is 1. The lowest BCUT2D eigenvalue weighted by atomic mass is 10.1. The van der Waals surface area contributed by atoms with Crippen molar-refractivity contribution in [1.82, 2.24) is 10.2 Å². The zero-order valence-corrected chi connectivity index (χ0v) is 13.2. The van der Waals surface area contributed by atoms with Gasteiger partial charge in [0.15, 0.2) is 0 Å². The van der Waals surface area contributed by atoms with E-state index in [0.717, 1.165) is 11.3 Å². The summed E-state index contributed by atoms with van der Waals surface area (Å²) in [5.74, 6) is 0. The first-order valence-corrected chi connectivity index (χ1v) is 7.76. The van der Waals surface area contributed by atoms with Gasteiger partial charge in [0.2, 0.25) is 0 Å². The lowest BCUT2D eigenvalue weighted by Gasteiger charge is -2.35. The Balaban J connectivity index is 2.30. The molecule has 1 aliphatic heterocycles. The normalized spacial score (nSPS) is 20.1. The third-order valence-electron chi connectivity index (χ3n) is 2.76. The van der Waals surface area contributed by atoms with Gasteiger partial charge in [-0.25, -0.2) is 0 Å². The zero-order chi connectivity index (χ0) is 13.3. The van der Waals surface area contributed by atoms with Gasteiger partial charge in [0.25, 0.3) is 0 Å². The number of rotatable bonds is 2. The van der Waals surface area contributed by atoms with Crippen LogP contribution in [0.2, 0.25) is 0 Å². The van der Waals surface area contributed by atoms with Gasteiger partial charge < -0.3 is 5.32 Å². The molecule has 2 nitrogen and oxygen atoms in total. The van der Waals surface area contributed by atoms with Gasteiger partial charge in [-0.1, -0.05) is 0 Å². The Kier molecular flexibility index (Phi) is 4.75. The van der Waals surface area contributed by atoms with E-state index in [1.54, 1.807) is 6.07 Å². The van der Waals surface area contributed by atoms with Crippen LogP contribution in [-0.4, -0.2) is 37.3 Å². The fraction of sp³-hybridized carbons (Fsp3) is 0.600. The molecule has 102 valence electrons. The van der Waals surface area contributed by atoms with E-state index in [2.05, 4.69) is 37.2 Å². The molecule has 0 unspecified atom stereocenters. The molecule has 18 heavy (non-hydrogen) atoms. The summed E-state index contributed by atoms with van der Waals surface area (Å²) in [6, 6.07) is 0.0433. The maximum Gasteiger partial charge on any atom is 0.408 e. The van der Waals surface area contributed by atoms with E-state index in [4.69, 9.17) is 0 Å². The Morgan fingerprint density at radius 1 is 1.28 bits per heavy atom. The van der Waals surface area contributed by atoms with Crippen LogP contribution >= 0.6 is 43.2 Å². The van der Waals surface area contributed by atoms with Crippen molar-refractivity contribution in [3.05, 3.63) is 19.2 Å². The van der Waals surface area contributed by atoms with Crippen LogP contribution in [0, 0.1) is 0 Å². The molecule has 2 rings (SSSR count). The molecular formula is C10H11Br2F3N2S. The molecule has 1 saturated heterocycles. The fourth-order valence-electron chi connectivity index (χ4n) is 1.99. The Bertz CT molecular complexity index is 396. The van der Waals surface area contributed by atoms with Crippen molar-refractivity contribution in [1.29, 1.82) is 0 Å². The molecule has 8 heteroatoms. The standard InChI is InChI=1S/C10H11Br2F3N2S/c11-6-5-7(18-9(6)12)8(10(13,14)15)17-3-1-16-2-4-17/h5,8,16H,1-4H2/t8-/m1/s1. The number of alkyl halides is 3. The number of halogens is 5. The molecule has 0 saturated carbocycles. The summed E-state index contributed by atoms with van der Waals surface area (Å²) in [4.78, 5) is 1.81. The van der Waals surface area contributed by atoms with Gasteiger partial charge in [-0.15, -0.1) is 11.3 Å².